The summed E-state index contributed by atoms with van der Waals surface area (Å²) in [5.41, 5.74) is 9.82. The lowest BCUT2D eigenvalue weighted by molar-refractivity contribution is 0.339. The maximum Gasteiger partial charge on any atom is 0.119 e. The van der Waals surface area contributed by atoms with E-state index in [9.17, 15) is 0 Å². The minimum Gasteiger partial charge on any atom is -0.494 e. The van der Waals surface area contributed by atoms with E-state index in [0.717, 1.165) is 25.3 Å². The Kier molecular flexibility index (Phi) is 6.20. The lowest BCUT2D eigenvalue weighted by Gasteiger charge is -2.21. The molecule has 0 spiro atoms. The first-order valence-corrected chi connectivity index (χ1v) is 7.08. The Morgan fingerprint density at radius 2 is 1.78 bits per heavy atom. The fraction of sp³-hybridized carbons (Fsp3) is 0.625. The van der Waals surface area contributed by atoms with Crippen molar-refractivity contribution >= 4 is 0 Å². The molecule has 102 valence electrons. The van der Waals surface area contributed by atoms with E-state index >= 15 is 0 Å². The first kappa shape index (κ1) is 15.0. The molecule has 0 saturated carbocycles. The van der Waals surface area contributed by atoms with Gasteiger partial charge in [0.05, 0.1) is 6.61 Å². The first-order chi connectivity index (χ1) is 8.63. The zero-order valence-corrected chi connectivity index (χ0v) is 12.3. The van der Waals surface area contributed by atoms with Crippen LogP contribution < -0.4 is 10.5 Å². The molecule has 2 N–H and O–H groups in total. The molecule has 0 aliphatic carbocycles. The molecule has 1 unspecified atom stereocenters. The average molecular weight is 249 g/mol. The van der Waals surface area contributed by atoms with Crippen molar-refractivity contribution in [3.05, 3.63) is 28.8 Å². The number of ether oxygens (including phenoxy) is 1. The molecule has 0 aliphatic rings. The lowest BCUT2D eigenvalue weighted by Crippen LogP contribution is -2.07. The number of hydrogen-bond acceptors (Lipinski definition) is 2. The highest BCUT2D eigenvalue weighted by molar-refractivity contribution is 5.43. The van der Waals surface area contributed by atoms with E-state index < -0.39 is 0 Å². The van der Waals surface area contributed by atoms with E-state index in [-0.39, 0.29) is 0 Å². The Labute approximate surface area is 112 Å². The summed E-state index contributed by atoms with van der Waals surface area (Å²) in [7, 11) is 0. The van der Waals surface area contributed by atoms with Gasteiger partial charge in [0.15, 0.2) is 0 Å². The summed E-state index contributed by atoms with van der Waals surface area (Å²) in [5, 5.41) is 0. The van der Waals surface area contributed by atoms with Crippen LogP contribution in [0.3, 0.4) is 0 Å². The van der Waals surface area contributed by atoms with Crippen molar-refractivity contribution in [3.63, 3.8) is 0 Å². The second-order valence-corrected chi connectivity index (χ2v) is 4.94. The van der Waals surface area contributed by atoms with Crippen molar-refractivity contribution in [1.29, 1.82) is 0 Å². The van der Waals surface area contributed by atoms with Crippen molar-refractivity contribution in [1.82, 2.24) is 0 Å². The van der Waals surface area contributed by atoms with E-state index in [1.54, 1.807) is 0 Å². The zero-order chi connectivity index (χ0) is 13.5. The molecule has 0 heterocycles. The monoisotopic (exact) mass is 249 g/mol. The van der Waals surface area contributed by atoms with E-state index in [0.29, 0.717) is 5.92 Å². The Balaban J connectivity index is 2.99. The number of rotatable bonds is 7. The third-order valence-electron chi connectivity index (χ3n) is 3.54. The molecule has 2 nitrogen and oxygen atoms in total. The molecule has 0 aliphatic heterocycles. The Morgan fingerprint density at radius 3 is 2.22 bits per heavy atom. The van der Waals surface area contributed by atoms with E-state index in [1.165, 1.54) is 29.5 Å². The molecule has 1 aromatic rings. The summed E-state index contributed by atoms with van der Waals surface area (Å²) in [4.78, 5) is 0. The molecule has 0 fully saturated rings. The number of nitrogens with two attached hydrogens (primary N) is 1. The second kappa shape index (κ2) is 7.42. The average Bonchev–Trinajstić information content (AvgIpc) is 2.33. The quantitative estimate of drug-likeness (QED) is 0.794. The molecule has 2 heteroatoms. The smallest absolute Gasteiger partial charge is 0.119 e. The Morgan fingerprint density at radius 1 is 1.17 bits per heavy atom. The first-order valence-electron chi connectivity index (χ1n) is 7.08. The molecular formula is C16H27NO. The van der Waals surface area contributed by atoms with Gasteiger partial charge >= 0.3 is 0 Å². The Bertz CT molecular complexity index is 350. The van der Waals surface area contributed by atoms with E-state index in [2.05, 4.69) is 32.9 Å². The van der Waals surface area contributed by atoms with Crippen LogP contribution in [0.2, 0.25) is 0 Å². The van der Waals surface area contributed by atoms with Crippen LogP contribution in [0.25, 0.3) is 0 Å². The Hall–Kier alpha value is -1.02. The second-order valence-electron chi connectivity index (χ2n) is 4.94. The third kappa shape index (κ3) is 3.74. The van der Waals surface area contributed by atoms with Gasteiger partial charge < -0.3 is 10.5 Å². The fourth-order valence-electron chi connectivity index (χ4n) is 2.75. The van der Waals surface area contributed by atoms with Crippen LogP contribution in [-0.2, 0) is 0 Å². The van der Waals surface area contributed by atoms with E-state index in [4.69, 9.17) is 10.5 Å². The summed E-state index contributed by atoms with van der Waals surface area (Å²) in [6, 6.07) is 4.33. The van der Waals surface area contributed by atoms with Crippen LogP contribution in [0, 0.1) is 13.8 Å². The van der Waals surface area contributed by atoms with Crippen molar-refractivity contribution in [2.24, 2.45) is 5.73 Å². The summed E-state index contributed by atoms with van der Waals surface area (Å²) in [6.07, 6.45) is 3.46. The molecule has 1 atom stereocenters. The van der Waals surface area contributed by atoms with Crippen LogP contribution in [0.4, 0.5) is 0 Å². The minimum absolute atomic E-state index is 0.629. The minimum atomic E-state index is 0.629. The number of hydrogen-bond donors (Lipinski definition) is 1. The number of benzene rings is 1. The summed E-state index contributed by atoms with van der Waals surface area (Å²) in [5.74, 6) is 1.62. The van der Waals surface area contributed by atoms with Crippen molar-refractivity contribution < 1.29 is 4.74 Å². The molecule has 1 rings (SSSR count). The summed E-state index contributed by atoms with van der Waals surface area (Å²) in [6.45, 7) is 10.2. The van der Waals surface area contributed by atoms with Gasteiger partial charge in [0.1, 0.15) is 5.75 Å². The predicted molar refractivity (Wildman–Crippen MR) is 78.4 cm³/mol. The predicted octanol–water partition coefficient (Wildman–Crippen LogP) is 3.93. The van der Waals surface area contributed by atoms with Gasteiger partial charge in [-0.05, 0) is 81.3 Å². The normalized spacial score (nSPS) is 12.5. The van der Waals surface area contributed by atoms with Gasteiger partial charge in [-0.15, -0.1) is 0 Å². The van der Waals surface area contributed by atoms with Gasteiger partial charge in [-0.3, -0.25) is 0 Å². The van der Waals surface area contributed by atoms with Gasteiger partial charge in [-0.25, -0.2) is 0 Å². The SMILES string of the molecule is CCOc1cc(C)c(C(CC)CCCN)c(C)c1. The topological polar surface area (TPSA) is 35.2 Å². The standard InChI is InChI=1S/C16H27NO/c1-5-14(8-7-9-17)16-12(3)10-15(18-6-2)11-13(16)4/h10-11,14H,5-9,17H2,1-4H3. The highest BCUT2D eigenvalue weighted by atomic mass is 16.5. The van der Waals surface area contributed by atoms with Gasteiger partial charge in [-0.2, -0.15) is 0 Å². The van der Waals surface area contributed by atoms with Gasteiger partial charge in [0.2, 0.25) is 0 Å². The van der Waals surface area contributed by atoms with Gasteiger partial charge in [0.25, 0.3) is 0 Å². The van der Waals surface area contributed by atoms with Crippen molar-refractivity contribution in [2.45, 2.75) is 52.9 Å². The van der Waals surface area contributed by atoms with Crippen LogP contribution >= 0.6 is 0 Å². The molecule has 0 radical (unpaired) electrons. The van der Waals surface area contributed by atoms with Crippen molar-refractivity contribution in [2.75, 3.05) is 13.2 Å². The van der Waals surface area contributed by atoms with Crippen LogP contribution in [0.1, 0.15) is 55.7 Å². The molecule has 18 heavy (non-hydrogen) atoms. The van der Waals surface area contributed by atoms with E-state index in [1.807, 2.05) is 6.92 Å². The zero-order valence-electron chi connectivity index (χ0n) is 12.3. The molecule has 0 saturated heterocycles. The highest BCUT2D eigenvalue weighted by Crippen LogP contribution is 2.32. The summed E-state index contributed by atoms with van der Waals surface area (Å²) < 4.78 is 5.60. The molecule has 0 aromatic heterocycles. The maximum absolute atomic E-state index is 5.63. The molecular weight excluding hydrogens is 222 g/mol. The van der Waals surface area contributed by atoms with Crippen molar-refractivity contribution in [3.8, 4) is 5.75 Å². The third-order valence-corrected chi connectivity index (χ3v) is 3.54. The van der Waals surface area contributed by atoms with Crippen LogP contribution in [0.15, 0.2) is 12.1 Å². The fourth-order valence-corrected chi connectivity index (χ4v) is 2.75. The molecule has 0 bridgehead atoms. The van der Waals surface area contributed by atoms with Gasteiger partial charge in [0, 0.05) is 0 Å². The van der Waals surface area contributed by atoms with Crippen LogP contribution in [0.5, 0.6) is 5.75 Å². The number of aryl methyl sites for hydroxylation is 2. The highest BCUT2D eigenvalue weighted by Gasteiger charge is 2.15. The van der Waals surface area contributed by atoms with Gasteiger partial charge in [-0.1, -0.05) is 6.92 Å². The summed E-state index contributed by atoms with van der Waals surface area (Å²) >= 11 is 0. The van der Waals surface area contributed by atoms with Crippen LogP contribution in [-0.4, -0.2) is 13.2 Å². The maximum atomic E-state index is 5.63. The lowest BCUT2D eigenvalue weighted by atomic mass is 9.85. The largest absolute Gasteiger partial charge is 0.494 e. The molecule has 0 amide bonds. The molecule has 1 aromatic carbocycles.